The van der Waals surface area contributed by atoms with Crippen LogP contribution in [0.5, 0.6) is 0 Å². The Morgan fingerprint density at radius 2 is 1.93 bits per heavy atom. The zero-order valence-electron chi connectivity index (χ0n) is 9.18. The molecule has 0 atom stereocenters. The number of nitrogens with one attached hydrogen (secondary N) is 1. The van der Waals surface area contributed by atoms with Crippen molar-refractivity contribution in [1.82, 2.24) is 5.32 Å². The van der Waals surface area contributed by atoms with Gasteiger partial charge in [0, 0.05) is 6.54 Å². The van der Waals surface area contributed by atoms with Crippen molar-refractivity contribution in [2.24, 2.45) is 5.92 Å². The topological polar surface area (TPSA) is 49.3 Å². The van der Waals surface area contributed by atoms with Gasteiger partial charge in [-0.25, -0.2) is 0 Å². The summed E-state index contributed by atoms with van der Waals surface area (Å²) in [5.41, 5.74) is -1.24. The van der Waals surface area contributed by atoms with Crippen molar-refractivity contribution < 1.29 is 9.90 Å². The molecule has 1 aliphatic rings. The van der Waals surface area contributed by atoms with Crippen LogP contribution in [0.3, 0.4) is 0 Å². The average molecular weight is 199 g/mol. The normalized spacial score (nSPS) is 19.4. The molecule has 0 radical (unpaired) electrons. The van der Waals surface area contributed by atoms with Gasteiger partial charge < -0.3 is 10.4 Å². The Balaban J connectivity index is 2.22. The van der Waals surface area contributed by atoms with E-state index < -0.39 is 5.60 Å². The third-order valence-corrected chi connectivity index (χ3v) is 2.83. The van der Waals surface area contributed by atoms with Gasteiger partial charge in [0.05, 0.1) is 0 Å². The molecule has 0 aromatic heterocycles. The summed E-state index contributed by atoms with van der Waals surface area (Å²) in [4.78, 5) is 11.3. The molecule has 0 heterocycles. The number of hydrogen-bond donors (Lipinski definition) is 2. The van der Waals surface area contributed by atoms with Crippen molar-refractivity contribution >= 4 is 5.91 Å². The molecule has 1 saturated carbocycles. The number of rotatable bonds is 3. The lowest BCUT2D eigenvalue weighted by Gasteiger charge is -2.24. The molecule has 1 fully saturated rings. The van der Waals surface area contributed by atoms with Crippen LogP contribution in [-0.4, -0.2) is 23.2 Å². The summed E-state index contributed by atoms with van der Waals surface area (Å²) in [6.45, 7) is 3.76. The number of carbonyl (C=O) groups is 1. The SMILES string of the molecule is CC(C)(O)C(=O)NCC1CCCCC1. The van der Waals surface area contributed by atoms with E-state index >= 15 is 0 Å². The van der Waals surface area contributed by atoms with Gasteiger partial charge in [-0.15, -0.1) is 0 Å². The molecule has 1 amide bonds. The van der Waals surface area contributed by atoms with E-state index in [1.807, 2.05) is 0 Å². The van der Waals surface area contributed by atoms with Gasteiger partial charge in [-0.3, -0.25) is 4.79 Å². The molecule has 0 aliphatic heterocycles. The minimum Gasteiger partial charge on any atom is -0.381 e. The van der Waals surface area contributed by atoms with Crippen molar-refractivity contribution in [3.63, 3.8) is 0 Å². The summed E-state index contributed by atoms with van der Waals surface area (Å²) < 4.78 is 0. The lowest BCUT2D eigenvalue weighted by molar-refractivity contribution is -0.136. The Morgan fingerprint density at radius 3 is 2.43 bits per heavy atom. The van der Waals surface area contributed by atoms with Gasteiger partial charge in [0.15, 0.2) is 0 Å². The fourth-order valence-electron chi connectivity index (χ4n) is 1.84. The molecule has 1 aliphatic carbocycles. The van der Waals surface area contributed by atoms with Crippen molar-refractivity contribution in [1.29, 1.82) is 0 Å². The van der Waals surface area contributed by atoms with Crippen molar-refractivity contribution in [2.45, 2.75) is 51.6 Å². The summed E-state index contributed by atoms with van der Waals surface area (Å²) >= 11 is 0. The van der Waals surface area contributed by atoms with Crippen molar-refractivity contribution in [3.05, 3.63) is 0 Å². The second kappa shape index (κ2) is 4.78. The molecular weight excluding hydrogens is 178 g/mol. The first kappa shape index (κ1) is 11.5. The molecule has 0 saturated heterocycles. The predicted octanol–water partition coefficient (Wildman–Crippen LogP) is 1.45. The van der Waals surface area contributed by atoms with Gasteiger partial charge in [-0.05, 0) is 32.6 Å². The first-order chi connectivity index (χ1) is 6.50. The zero-order valence-corrected chi connectivity index (χ0v) is 9.18. The molecule has 0 aromatic carbocycles. The van der Waals surface area contributed by atoms with E-state index in [9.17, 15) is 9.90 Å². The van der Waals surface area contributed by atoms with Crippen LogP contribution in [0.15, 0.2) is 0 Å². The number of carbonyl (C=O) groups excluding carboxylic acids is 1. The van der Waals surface area contributed by atoms with E-state index in [1.54, 1.807) is 0 Å². The van der Waals surface area contributed by atoms with Gasteiger partial charge in [-0.2, -0.15) is 0 Å². The zero-order chi connectivity index (χ0) is 10.6. The van der Waals surface area contributed by atoms with Gasteiger partial charge in [0.25, 0.3) is 5.91 Å². The largest absolute Gasteiger partial charge is 0.381 e. The van der Waals surface area contributed by atoms with Crippen LogP contribution >= 0.6 is 0 Å². The lowest BCUT2D eigenvalue weighted by Crippen LogP contribution is -2.43. The minimum atomic E-state index is -1.24. The molecule has 0 bridgehead atoms. The van der Waals surface area contributed by atoms with Crippen LogP contribution in [-0.2, 0) is 4.79 Å². The van der Waals surface area contributed by atoms with E-state index in [1.165, 1.54) is 46.0 Å². The molecule has 82 valence electrons. The van der Waals surface area contributed by atoms with Crippen LogP contribution < -0.4 is 5.32 Å². The Morgan fingerprint density at radius 1 is 1.36 bits per heavy atom. The van der Waals surface area contributed by atoms with Gasteiger partial charge in [0.1, 0.15) is 5.60 Å². The molecule has 3 nitrogen and oxygen atoms in total. The second-order valence-electron chi connectivity index (χ2n) is 4.77. The monoisotopic (exact) mass is 199 g/mol. The predicted molar refractivity (Wildman–Crippen MR) is 55.9 cm³/mol. The highest BCUT2D eigenvalue weighted by atomic mass is 16.3. The Labute approximate surface area is 85.9 Å². The molecule has 14 heavy (non-hydrogen) atoms. The summed E-state index contributed by atoms with van der Waals surface area (Å²) in [5, 5.41) is 12.2. The third-order valence-electron chi connectivity index (χ3n) is 2.83. The summed E-state index contributed by atoms with van der Waals surface area (Å²) in [7, 11) is 0. The van der Waals surface area contributed by atoms with E-state index in [4.69, 9.17) is 0 Å². The number of aliphatic hydroxyl groups is 1. The molecular formula is C11H21NO2. The first-order valence-electron chi connectivity index (χ1n) is 5.51. The van der Waals surface area contributed by atoms with Gasteiger partial charge in [-0.1, -0.05) is 19.3 Å². The molecule has 0 unspecified atom stereocenters. The van der Waals surface area contributed by atoms with E-state index in [0.717, 1.165) is 6.54 Å². The Hall–Kier alpha value is -0.570. The van der Waals surface area contributed by atoms with Crippen molar-refractivity contribution in [3.8, 4) is 0 Å². The fourth-order valence-corrected chi connectivity index (χ4v) is 1.84. The van der Waals surface area contributed by atoms with E-state index in [0.29, 0.717) is 5.92 Å². The van der Waals surface area contributed by atoms with Crippen LogP contribution in [0.2, 0.25) is 0 Å². The summed E-state index contributed by atoms with van der Waals surface area (Å²) in [6, 6.07) is 0. The van der Waals surface area contributed by atoms with Gasteiger partial charge >= 0.3 is 0 Å². The smallest absolute Gasteiger partial charge is 0.251 e. The van der Waals surface area contributed by atoms with Crippen molar-refractivity contribution in [2.75, 3.05) is 6.54 Å². The van der Waals surface area contributed by atoms with Crippen LogP contribution in [0.25, 0.3) is 0 Å². The van der Waals surface area contributed by atoms with E-state index in [-0.39, 0.29) is 5.91 Å². The standard InChI is InChI=1S/C11H21NO2/c1-11(2,14)10(13)12-8-9-6-4-3-5-7-9/h9,14H,3-8H2,1-2H3,(H,12,13). The lowest BCUT2D eigenvalue weighted by atomic mass is 9.89. The summed E-state index contributed by atoms with van der Waals surface area (Å²) in [5.74, 6) is 0.359. The van der Waals surface area contributed by atoms with Crippen LogP contribution in [0, 0.1) is 5.92 Å². The third kappa shape index (κ3) is 3.66. The molecule has 0 aromatic rings. The highest BCUT2D eigenvalue weighted by Crippen LogP contribution is 2.22. The highest BCUT2D eigenvalue weighted by molar-refractivity contribution is 5.83. The molecule has 2 N–H and O–H groups in total. The van der Waals surface area contributed by atoms with Crippen LogP contribution in [0.1, 0.15) is 46.0 Å². The minimum absolute atomic E-state index is 0.261. The number of amides is 1. The maximum absolute atomic E-state index is 11.3. The maximum Gasteiger partial charge on any atom is 0.251 e. The molecule has 3 heteroatoms. The van der Waals surface area contributed by atoms with Crippen LogP contribution in [0.4, 0.5) is 0 Å². The first-order valence-corrected chi connectivity index (χ1v) is 5.51. The average Bonchev–Trinajstić information content (AvgIpc) is 2.14. The quantitative estimate of drug-likeness (QED) is 0.723. The highest BCUT2D eigenvalue weighted by Gasteiger charge is 2.24. The molecule has 0 spiro atoms. The fraction of sp³-hybridized carbons (Fsp3) is 0.909. The van der Waals surface area contributed by atoms with E-state index in [2.05, 4.69) is 5.32 Å². The molecule has 1 rings (SSSR count). The second-order valence-corrected chi connectivity index (χ2v) is 4.77. The van der Waals surface area contributed by atoms with Gasteiger partial charge in [0.2, 0.25) is 0 Å². The Kier molecular flexibility index (Phi) is 3.93. The Bertz CT molecular complexity index is 190. The number of hydrogen-bond acceptors (Lipinski definition) is 2. The maximum atomic E-state index is 11.3. The summed E-state index contributed by atoms with van der Waals surface area (Å²) in [6.07, 6.45) is 6.32.